The lowest BCUT2D eigenvalue weighted by Crippen LogP contribution is -2.30. The van der Waals surface area contributed by atoms with Crippen LogP contribution in [0.2, 0.25) is 0 Å². The summed E-state index contributed by atoms with van der Waals surface area (Å²) >= 11 is 3.05. The van der Waals surface area contributed by atoms with Crippen LogP contribution >= 0.6 is 22.7 Å². The van der Waals surface area contributed by atoms with Crippen molar-refractivity contribution in [3.8, 4) is 10.6 Å². The normalized spacial score (nSPS) is 10.3. The van der Waals surface area contributed by atoms with Crippen LogP contribution in [0.3, 0.4) is 0 Å². The van der Waals surface area contributed by atoms with E-state index in [-0.39, 0.29) is 25.4 Å². The maximum atomic E-state index is 11.8. The van der Waals surface area contributed by atoms with Gasteiger partial charge in [0.2, 0.25) is 0 Å². The maximum Gasteiger partial charge on any atom is 0.312 e. The fourth-order valence-corrected chi connectivity index (χ4v) is 3.40. The molecule has 0 fully saturated rings. The Balaban J connectivity index is 1.65. The van der Waals surface area contributed by atoms with Crippen LogP contribution in [-0.4, -0.2) is 43.1 Å². The van der Waals surface area contributed by atoms with Crippen LogP contribution in [0.1, 0.15) is 18.5 Å². The average molecular weight is 382 g/mol. The first-order valence-electron chi connectivity index (χ1n) is 7.54. The molecule has 1 amide bonds. The highest BCUT2D eigenvalue weighted by atomic mass is 32.1. The SMILES string of the molecule is COC(=O)CCCNC(=O)COC(=O)Cc1csc(-c2ccsc2)n1. The summed E-state index contributed by atoms with van der Waals surface area (Å²) in [6.45, 7) is -0.0276. The van der Waals surface area contributed by atoms with Crippen molar-refractivity contribution in [3.63, 3.8) is 0 Å². The highest BCUT2D eigenvalue weighted by Gasteiger charge is 2.12. The first-order chi connectivity index (χ1) is 12.1. The van der Waals surface area contributed by atoms with E-state index in [2.05, 4.69) is 15.0 Å². The van der Waals surface area contributed by atoms with Gasteiger partial charge >= 0.3 is 11.9 Å². The van der Waals surface area contributed by atoms with Crippen LogP contribution in [0.15, 0.2) is 22.2 Å². The third kappa shape index (κ3) is 6.63. The van der Waals surface area contributed by atoms with E-state index in [1.54, 1.807) is 16.7 Å². The van der Waals surface area contributed by atoms with Crippen molar-refractivity contribution in [2.75, 3.05) is 20.3 Å². The molecule has 0 radical (unpaired) electrons. The molecule has 0 spiro atoms. The molecule has 0 aliphatic carbocycles. The van der Waals surface area contributed by atoms with Crippen molar-refractivity contribution in [1.82, 2.24) is 10.3 Å². The Labute approximate surface area is 153 Å². The molecule has 0 aliphatic rings. The van der Waals surface area contributed by atoms with E-state index in [1.165, 1.54) is 18.4 Å². The fraction of sp³-hybridized carbons (Fsp3) is 0.375. The van der Waals surface area contributed by atoms with Gasteiger partial charge in [-0.05, 0) is 17.9 Å². The number of esters is 2. The van der Waals surface area contributed by atoms with Gasteiger partial charge < -0.3 is 14.8 Å². The number of carbonyl (C=O) groups is 3. The molecule has 2 aromatic heterocycles. The van der Waals surface area contributed by atoms with Crippen LogP contribution in [-0.2, 0) is 30.3 Å². The van der Waals surface area contributed by atoms with Crippen LogP contribution in [0.25, 0.3) is 10.6 Å². The van der Waals surface area contributed by atoms with Gasteiger partial charge in [-0.2, -0.15) is 11.3 Å². The van der Waals surface area contributed by atoms with E-state index in [1.807, 2.05) is 16.8 Å². The molecule has 134 valence electrons. The summed E-state index contributed by atoms with van der Waals surface area (Å²) < 4.78 is 9.42. The Morgan fingerprint density at radius 3 is 2.80 bits per heavy atom. The predicted molar refractivity (Wildman–Crippen MR) is 94.3 cm³/mol. The maximum absolute atomic E-state index is 11.8. The van der Waals surface area contributed by atoms with Crippen LogP contribution in [0.4, 0.5) is 0 Å². The number of aromatic nitrogens is 1. The smallest absolute Gasteiger partial charge is 0.312 e. The van der Waals surface area contributed by atoms with Gasteiger partial charge in [-0.3, -0.25) is 14.4 Å². The molecule has 0 bridgehead atoms. The van der Waals surface area contributed by atoms with Gasteiger partial charge in [-0.25, -0.2) is 4.98 Å². The molecule has 25 heavy (non-hydrogen) atoms. The zero-order valence-corrected chi connectivity index (χ0v) is 15.3. The van der Waals surface area contributed by atoms with E-state index in [0.29, 0.717) is 18.7 Å². The van der Waals surface area contributed by atoms with Gasteiger partial charge in [-0.1, -0.05) is 0 Å². The minimum absolute atomic E-state index is 0.0241. The molecule has 2 aromatic rings. The Morgan fingerprint density at radius 2 is 2.08 bits per heavy atom. The molecule has 0 aliphatic heterocycles. The highest BCUT2D eigenvalue weighted by molar-refractivity contribution is 7.14. The van der Waals surface area contributed by atoms with Crippen LogP contribution < -0.4 is 5.32 Å². The summed E-state index contributed by atoms with van der Waals surface area (Å²) in [4.78, 5) is 38.6. The Bertz CT molecular complexity index is 712. The van der Waals surface area contributed by atoms with Crippen molar-refractivity contribution >= 4 is 40.5 Å². The second kappa shape index (κ2) is 9.90. The third-order valence-electron chi connectivity index (χ3n) is 3.12. The molecule has 2 rings (SSSR count). The van der Waals surface area contributed by atoms with Crippen LogP contribution in [0.5, 0.6) is 0 Å². The number of nitrogens with zero attached hydrogens (tertiary/aromatic N) is 1. The molecular weight excluding hydrogens is 364 g/mol. The molecule has 0 aromatic carbocycles. The second-order valence-electron chi connectivity index (χ2n) is 5.02. The highest BCUT2D eigenvalue weighted by Crippen LogP contribution is 2.25. The number of thiazole rings is 1. The number of hydrogen-bond acceptors (Lipinski definition) is 8. The van der Waals surface area contributed by atoms with E-state index < -0.39 is 11.9 Å². The number of hydrogen-bond donors (Lipinski definition) is 1. The summed E-state index contributed by atoms with van der Waals surface area (Å²) in [6.07, 6.45) is 0.722. The zero-order valence-electron chi connectivity index (χ0n) is 13.6. The summed E-state index contributed by atoms with van der Waals surface area (Å²) in [7, 11) is 1.31. The summed E-state index contributed by atoms with van der Waals surface area (Å²) in [5.74, 6) is -1.24. The van der Waals surface area contributed by atoms with Crippen molar-refractivity contribution < 1.29 is 23.9 Å². The Kier molecular flexibility index (Phi) is 7.55. The number of thiophene rings is 1. The quantitative estimate of drug-likeness (QED) is 0.527. The average Bonchev–Trinajstić information content (AvgIpc) is 3.28. The first-order valence-corrected chi connectivity index (χ1v) is 9.37. The molecule has 2 heterocycles. The van der Waals surface area contributed by atoms with E-state index in [9.17, 15) is 14.4 Å². The first kappa shape index (κ1) is 19.1. The van der Waals surface area contributed by atoms with Gasteiger partial charge in [0.15, 0.2) is 6.61 Å². The summed E-state index contributed by atoms with van der Waals surface area (Å²) in [6, 6.07) is 1.97. The molecule has 9 heteroatoms. The minimum atomic E-state index is -0.508. The van der Waals surface area contributed by atoms with Crippen molar-refractivity contribution in [2.24, 2.45) is 0 Å². The number of ether oxygens (including phenoxy) is 2. The number of carbonyl (C=O) groups excluding carboxylic acids is 3. The summed E-state index contributed by atoms with van der Waals surface area (Å²) in [5.41, 5.74) is 1.65. The van der Waals surface area contributed by atoms with Gasteiger partial charge in [-0.15, -0.1) is 11.3 Å². The number of rotatable bonds is 9. The third-order valence-corrected chi connectivity index (χ3v) is 4.74. The molecule has 0 unspecified atom stereocenters. The number of amides is 1. The topological polar surface area (TPSA) is 94.6 Å². The summed E-state index contributed by atoms with van der Waals surface area (Å²) in [5, 5.41) is 9.19. The number of nitrogens with one attached hydrogen (secondary N) is 1. The fourth-order valence-electron chi connectivity index (χ4n) is 1.87. The van der Waals surface area contributed by atoms with E-state index in [0.717, 1.165) is 10.6 Å². The molecular formula is C16H18N2O5S2. The molecule has 7 nitrogen and oxygen atoms in total. The molecule has 1 N–H and O–H groups in total. The lowest BCUT2D eigenvalue weighted by Gasteiger charge is -2.05. The molecule has 0 atom stereocenters. The van der Waals surface area contributed by atoms with Crippen molar-refractivity contribution in [1.29, 1.82) is 0 Å². The van der Waals surface area contributed by atoms with Crippen LogP contribution in [0, 0.1) is 0 Å². The van der Waals surface area contributed by atoms with Gasteiger partial charge in [0.25, 0.3) is 5.91 Å². The van der Waals surface area contributed by atoms with Crippen molar-refractivity contribution in [3.05, 3.63) is 27.9 Å². The Hall–Kier alpha value is -2.26. The van der Waals surface area contributed by atoms with Gasteiger partial charge in [0.05, 0.1) is 19.2 Å². The van der Waals surface area contributed by atoms with Crippen molar-refractivity contribution in [2.45, 2.75) is 19.3 Å². The second-order valence-corrected chi connectivity index (χ2v) is 6.66. The van der Waals surface area contributed by atoms with Gasteiger partial charge in [0.1, 0.15) is 5.01 Å². The monoisotopic (exact) mass is 382 g/mol. The van der Waals surface area contributed by atoms with Gasteiger partial charge in [0, 0.05) is 29.3 Å². The predicted octanol–water partition coefficient (Wildman–Crippen LogP) is 2.03. The van der Waals surface area contributed by atoms with E-state index in [4.69, 9.17) is 4.74 Å². The lowest BCUT2D eigenvalue weighted by atomic mass is 10.3. The minimum Gasteiger partial charge on any atom is -0.469 e. The standard InChI is InChI=1S/C16H18N2O5S2/c1-22-14(20)3-2-5-17-13(19)8-23-15(21)7-12-10-25-16(18-12)11-4-6-24-9-11/h4,6,9-10H,2-3,5,7-8H2,1H3,(H,17,19). The van der Waals surface area contributed by atoms with E-state index >= 15 is 0 Å². The zero-order chi connectivity index (χ0) is 18.1. The Morgan fingerprint density at radius 1 is 1.24 bits per heavy atom. The molecule has 0 saturated heterocycles. The number of methoxy groups -OCH3 is 1. The molecule has 0 saturated carbocycles. The largest absolute Gasteiger partial charge is 0.469 e. The lowest BCUT2D eigenvalue weighted by molar-refractivity contribution is -0.147.